The predicted octanol–water partition coefficient (Wildman–Crippen LogP) is 1.58. The second-order valence-corrected chi connectivity index (χ2v) is 8.19. The minimum Gasteiger partial charge on any atom is -0.496 e. The third kappa shape index (κ3) is 6.02. The SMILES string of the molecule is COCCNS(=O)(=O)c1cc(C(=O)NCc2cc(OC)c(OC)cc2OC)ccc1OC. The Labute approximate surface area is 187 Å². The van der Waals surface area contributed by atoms with Gasteiger partial charge >= 0.3 is 0 Å². The van der Waals surface area contributed by atoms with Crippen LogP contribution in [0.25, 0.3) is 0 Å². The van der Waals surface area contributed by atoms with Crippen LogP contribution >= 0.6 is 0 Å². The molecule has 0 aromatic heterocycles. The number of hydrogen-bond donors (Lipinski definition) is 2. The van der Waals surface area contributed by atoms with Gasteiger partial charge in [0.1, 0.15) is 16.4 Å². The first-order valence-corrected chi connectivity index (χ1v) is 11.0. The summed E-state index contributed by atoms with van der Waals surface area (Å²) in [4.78, 5) is 12.6. The van der Waals surface area contributed by atoms with Crippen LogP contribution in [0.5, 0.6) is 23.0 Å². The van der Waals surface area contributed by atoms with Crippen LogP contribution in [0.4, 0.5) is 0 Å². The molecule has 0 saturated carbocycles. The van der Waals surface area contributed by atoms with E-state index < -0.39 is 15.9 Å². The van der Waals surface area contributed by atoms with Crippen LogP contribution in [0.15, 0.2) is 35.2 Å². The molecule has 0 heterocycles. The average Bonchev–Trinajstić information content (AvgIpc) is 2.81. The van der Waals surface area contributed by atoms with E-state index >= 15 is 0 Å². The molecular weight excluding hydrogens is 440 g/mol. The number of methoxy groups -OCH3 is 5. The molecule has 2 rings (SSSR count). The Balaban J connectivity index is 2.26. The molecule has 176 valence electrons. The Hall–Kier alpha value is -3.02. The van der Waals surface area contributed by atoms with Gasteiger partial charge in [-0.15, -0.1) is 0 Å². The topological polar surface area (TPSA) is 121 Å². The highest BCUT2D eigenvalue weighted by Crippen LogP contribution is 2.34. The van der Waals surface area contributed by atoms with Gasteiger partial charge in [-0.25, -0.2) is 13.1 Å². The van der Waals surface area contributed by atoms with Crippen LogP contribution in [-0.4, -0.2) is 63.0 Å². The van der Waals surface area contributed by atoms with Crippen molar-refractivity contribution < 1.29 is 36.9 Å². The maximum atomic E-state index is 12.8. The third-order valence-electron chi connectivity index (χ3n) is 4.54. The van der Waals surface area contributed by atoms with Crippen LogP contribution in [0, 0.1) is 0 Å². The summed E-state index contributed by atoms with van der Waals surface area (Å²) in [6.45, 7) is 0.398. The highest BCUT2D eigenvalue weighted by Gasteiger charge is 2.22. The lowest BCUT2D eigenvalue weighted by molar-refractivity contribution is 0.0950. The molecule has 0 saturated heterocycles. The third-order valence-corrected chi connectivity index (χ3v) is 6.02. The summed E-state index contributed by atoms with van der Waals surface area (Å²) in [6, 6.07) is 7.52. The van der Waals surface area contributed by atoms with Crippen LogP contribution in [0.2, 0.25) is 0 Å². The Morgan fingerprint density at radius 2 is 1.47 bits per heavy atom. The molecular formula is C21H28N2O8S. The van der Waals surface area contributed by atoms with E-state index in [0.29, 0.717) is 22.8 Å². The van der Waals surface area contributed by atoms with E-state index in [-0.39, 0.29) is 35.9 Å². The molecule has 1 amide bonds. The molecule has 32 heavy (non-hydrogen) atoms. The number of carbonyl (C=O) groups is 1. The van der Waals surface area contributed by atoms with Gasteiger partial charge in [0.2, 0.25) is 10.0 Å². The average molecular weight is 469 g/mol. The maximum absolute atomic E-state index is 12.8. The molecule has 0 radical (unpaired) electrons. The van der Waals surface area contributed by atoms with E-state index in [9.17, 15) is 13.2 Å². The Bertz CT molecular complexity index is 1040. The summed E-state index contributed by atoms with van der Waals surface area (Å²) in [6.07, 6.45) is 0. The largest absolute Gasteiger partial charge is 0.496 e. The molecule has 2 aromatic rings. The first-order valence-electron chi connectivity index (χ1n) is 9.55. The summed E-state index contributed by atoms with van der Waals surface area (Å²) < 4.78 is 53.6. The molecule has 0 atom stereocenters. The lowest BCUT2D eigenvalue weighted by Gasteiger charge is -2.15. The molecule has 0 aliphatic heterocycles. The smallest absolute Gasteiger partial charge is 0.251 e. The van der Waals surface area contributed by atoms with Gasteiger partial charge in [-0.3, -0.25) is 4.79 Å². The van der Waals surface area contributed by atoms with Gasteiger partial charge in [0.15, 0.2) is 11.5 Å². The molecule has 0 aliphatic carbocycles. The summed E-state index contributed by atoms with van der Waals surface area (Å²) in [5.74, 6) is 1.12. The van der Waals surface area contributed by atoms with Crippen molar-refractivity contribution in [3.05, 3.63) is 41.5 Å². The molecule has 0 unspecified atom stereocenters. The van der Waals surface area contributed by atoms with Crippen molar-refractivity contribution in [2.45, 2.75) is 11.4 Å². The quantitative estimate of drug-likeness (QED) is 0.451. The van der Waals surface area contributed by atoms with Crippen LogP contribution in [-0.2, 0) is 21.3 Å². The monoisotopic (exact) mass is 468 g/mol. The van der Waals surface area contributed by atoms with Crippen LogP contribution in [0.1, 0.15) is 15.9 Å². The van der Waals surface area contributed by atoms with Gasteiger partial charge in [0, 0.05) is 37.4 Å². The molecule has 0 fully saturated rings. The normalized spacial score (nSPS) is 11.0. The van der Waals surface area contributed by atoms with Gasteiger partial charge in [-0.05, 0) is 24.3 Å². The minimum absolute atomic E-state index is 0.0809. The number of sulfonamides is 1. The fourth-order valence-corrected chi connectivity index (χ4v) is 4.10. The highest BCUT2D eigenvalue weighted by atomic mass is 32.2. The first kappa shape index (κ1) is 25.2. The molecule has 2 N–H and O–H groups in total. The maximum Gasteiger partial charge on any atom is 0.251 e. The zero-order valence-electron chi connectivity index (χ0n) is 18.7. The summed E-state index contributed by atoms with van der Waals surface area (Å²) in [5, 5.41) is 2.76. The van der Waals surface area contributed by atoms with Crippen LogP contribution in [0.3, 0.4) is 0 Å². The Kier molecular flexibility index (Phi) is 9.12. The van der Waals surface area contributed by atoms with Crippen molar-refractivity contribution in [1.82, 2.24) is 10.0 Å². The van der Waals surface area contributed by atoms with Crippen molar-refractivity contribution in [1.29, 1.82) is 0 Å². The van der Waals surface area contributed by atoms with Crippen LogP contribution < -0.4 is 29.0 Å². The highest BCUT2D eigenvalue weighted by molar-refractivity contribution is 7.89. The van der Waals surface area contributed by atoms with Gasteiger partial charge < -0.3 is 29.0 Å². The fourth-order valence-electron chi connectivity index (χ4n) is 2.89. The zero-order valence-corrected chi connectivity index (χ0v) is 19.5. The molecule has 10 nitrogen and oxygen atoms in total. The van der Waals surface area contributed by atoms with Gasteiger partial charge in [0.05, 0.1) is 35.0 Å². The predicted molar refractivity (Wildman–Crippen MR) is 117 cm³/mol. The van der Waals surface area contributed by atoms with E-state index in [1.807, 2.05) is 0 Å². The molecule has 0 spiro atoms. The number of amides is 1. The molecule has 2 aromatic carbocycles. The van der Waals surface area contributed by atoms with E-state index in [1.165, 1.54) is 53.7 Å². The second kappa shape index (κ2) is 11.6. The molecule has 11 heteroatoms. The van der Waals surface area contributed by atoms with Crippen molar-refractivity contribution in [2.75, 3.05) is 48.7 Å². The Morgan fingerprint density at radius 3 is 2.06 bits per heavy atom. The summed E-state index contributed by atoms with van der Waals surface area (Å²) in [5.41, 5.74) is 0.804. The standard InChI is InChI=1S/C21H28N2O8S/c1-27-9-8-23-32(25,26)20-11-14(6-7-16(20)28-2)21(24)22-13-15-10-18(30-4)19(31-5)12-17(15)29-3/h6-7,10-12,23H,8-9,13H2,1-5H3,(H,22,24). The van der Waals surface area contributed by atoms with E-state index in [0.717, 1.165) is 0 Å². The number of rotatable bonds is 12. The van der Waals surface area contributed by atoms with Crippen molar-refractivity contribution in [2.24, 2.45) is 0 Å². The first-order chi connectivity index (χ1) is 15.3. The number of benzene rings is 2. The summed E-state index contributed by atoms with van der Waals surface area (Å²) in [7, 11) is 3.43. The number of hydrogen-bond acceptors (Lipinski definition) is 8. The molecule has 0 bridgehead atoms. The van der Waals surface area contributed by atoms with Crippen molar-refractivity contribution in [3.8, 4) is 23.0 Å². The van der Waals surface area contributed by atoms with E-state index in [2.05, 4.69) is 10.0 Å². The van der Waals surface area contributed by atoms with E-state index in [1.54, 1.807) is 12.1 Å². The summed E-state index contributed by atoms with van der Waals surface area (Å²) >= 11 is 0. The van der Waals surface area contributed by atoms with Crippen molar-refractivity contribution >= 4 is 15.9 Å². The number of carbonyl (C=O) groups excluding carboxylic acids is 1. The zero-order chi connectivity index (χ0) is 23.7. The lowest BCUT2D eigenvalue weighted by atomic mass is 10.1. The van der Waals surface area contributed by atoms with Gasteiger partial charge in [0.25, 0.3) is 5.91 Å². The lowest BCUT2D eigenvalue weighted by Crippen LogP contribution is -2.28. The fraction of sp³-hybridized carbons (Fsp3) is 0.381. The van der Waals surface area contributed by atoms with Crippen molar-refractivity contribution in [3.63, 3.8) is 0 Å². The minimum atomic E-state index is -3.91. The van der Waals surface area contributed by atoms with Gasteiger partial charge in [-0.1, -0.05) is 0 Å². The second-order valence-electron chi connectivity index (χ2n) is 6.46. The molecule has 0 aliphatic rings. The number of nitrogens with one attached hydrogen (secondary N) is 2. The Morgan fingerprint density at radius 1 is 0.844 bits per heavy atom. The van der Waals surface area contributed by atoms with E-state index in [4.69, 9.17) is 23.7 Å². The van der Waals surface area contributed by atoms with Gasteiger partial charge in [-0.2, -0.15) is 0 Å². The number of ether oxygens (including phenoxy) is 5.